The molecule has 1 N–H and O–H groups in total. The van der Waals surface area contributed by atoms with Crippen LogP contribution in [0.5, 0.6) is 5.75 Å². The number of aromatic nitrogens is 3. The number of aromatic carboxylic acids is 1. The summed E-state index contributed by atoms with van der Waals surface area (Å²) < 4.78 is 11.8. The van der Waals surface area contributed by atoms with Gasteiger partial charge in [-0.25, -0.2) is 14.8 Å². The molecule has 3 aromatic carbocycles. The van der Waals surface area contributed by atoms with Gasteiger partial charge in [-0.05, 0) is 63.1 Å². The van der Waals surface area contributed by atoms with Gasteiger partial charge in [0.2, 0.25) is 0 Å². The first-order valence-corrected chi connectivity index (χ1v) is 14.2. The van der Waals surface area contributed by atoms with E-state index in [1.54, 1.807) is 49.4 Å². The third-order valence-corrected chi connectivity index (χ3v) is 7.99. The van der Waals surface area contributed by atoms with Gasteiger partial charge < -0.3 is 14.4 Å². The third kappa shape index (κ3) is 5.54. The largest absolute Gasteiger partial charge is 0.489 e. The number of carboxylic acids is 1. The summed E-state index contributed by atoms with van der Waals surface area (Å²) in [6.45, 7) is 3.80. The van der Waals surface area contributed by atoms with E-state index in [1.807, 2.05) is 6.92 Å². The first-order chi connectivity index (χ1) is 20.2. The van der Waals surface area contributed by atoms with Crippen LogP contribution in [0.2, 0.25) is 15.1 Å². The Morgan fingerprint density at radius 2 is 1.74 bits per heavy atom. The van der Waals surface area contributed by atoms with E-state index in [2.05, 4.69) is 27.0 Å². The van der Waals surface area contributed by atoms with Crippen molar-refractivity contribution < 1.29 is 19.2 Å². The van der Waals surface area contributed by atoms with Crippen LogP contribution in [0.15, 0.2) is 53.1 Å². The fourth-order valence-corrected chi connectivity index (χ4v) is 5.39. The standard InChI is InChI=1S/C32H22Cl3N3O4/c1-16-17(2)37-29-22(32(39)40)12-18(13-27(29)36-16)6-7-19-10-11-21(14-26(19)35)41-15-23-30(38-42-31(23)20-8-9-20)28-24(33)4-3-5-25(28)34/h3-5,10-14,20H,8-9,15H2,1-2H3,(H,39,40). The van der Waals surface area contributed by atoms with E-state index in [1.165, 1.54) is 6.07 Å². The second-order valence-corrected chi connectivity index (χ2v) is 11.2. The van der Waals surface area contributed by atoms with Crippen molar-refractivity contribution in [3.63, 3.8) is 0 Å². The number of carboxylic acid groups (broad SMARTS) is 1. The number of ether oxygens (including phenoxy) is 1. The molecule has 0 saturated heterocycles. The molecular formula is C32H22Cl3N3O4. The SMILES string of the molecule is Cc1nc2cc(C#Cc3ccc(OCc4c(-c5c(Cl)cccc5Cl)noc4C4CC4)cc3Cl)cc(C(=O)O)c2nc1C. The van der Waals surface area contributed by atoms with Crippen LogP contribution in [0, 0.1) is 25.7 Å². The average Bonchev–Trinajstić information content (AvgIpc) is 3.71. The van der Waals surface area contributed by atoms with Crippen molar-refractivity contribution >= 4 is 51.8 Å². The number of hydrogen-bond donors (Lipinski definition) is 1. The topological polar surface area (TPSA) is 98.3 Å². The summed E-state index contributed by atoms with van der Waals surface area (Å²) in [5, 5.41) is 15.4. The van der Waals surface area contributed by atoms with Crippen LogP contribution in [0.3, 0.4) is 0 Å². The molecule has 10 heteroatoms. The van der Waals surface area contributed by atoms with Gasteiger partial charge in [0, 0.05) is 28.7 Å². The molecule has 0 aliphatic heterocycles. The summed E-state index contributed by atoms with van der Waals surface area (Å²) in [5.74, 6) is 6.54. The summed E-state index contributed by atoms with van der Waals surface area (Å²) in [6.07, 6.45) is 2.04. The molecule has 0 spiro atoms. The molecule has 1 aliphatic carbocycles. The van der Waals surface area contributed by atoms with E-state index >= 15 is 0 Å². The van der Waals surface area contributed by atoms with Crippen LogP contribution in [-0.4, -0.2) is 26.2 Å². The van der Waals surface area contributed by atoms with Crippen LogP contribution in [-0.2, 0) is 6.61 Å². The van der Waals surface area contributed by atoms with Gasteiger partial charge in [-0.2, -0.15) is 0 Å². The Morgan fingerprint density at radius 1 is 1.00 bits per heavy atom. The van der Waals surface area contributed by atoms with Gasteiger partial charge >= 0.3 is 5.97 Å². The highest BCUT2D eigenvalue weighted by Gasteiger charge is 2.33. The second kappa shape index (κ2) is 11.3. The molecule has 1 fully saturated rings. The van der Waals surface area contributed by atoms with E-state index in [9.17, 15) is 9.90 Å². The maximum absolute atomic E-state index is 11.9. The molecule has 0 radical (unpaired) electrons. The normalized spacial score (nSPS) is 12.7. The van der Waals surface area contributed by atoms with Crippen molar-refractivity contribution in [3.05, 3.63) is 103 Å². The van der Waals surface area contributed by atoms with Gasteiger partial charge in [-0.1, -0.05) is 57.9 Å². The Bertz CT molecular complexity index is 1930. The second-order valence-electron chi connectivity index (χ2n) is 10.0. The molecule has 0 unspecified atom stereocenters. The van der Waals surface area contributed by atoms with Gasteiger partial charge in [0.05, 0.1) is 43.1 Å². The van der Waals surface area contributed by atoms with Gasteiger partial charge in [0.1, 0.15) is 29.3 Å². The summed E-state index contributed by atoms with van der Waals surface area (Å²) in [4.78, 5) is 20.8. The summed E-state index contributed by atoms with van der Waals surface area (Å²) in [6, 6.07) is 13.7. The lowest BCUT2D eigenvalue weighted by Gasteiger charge is -2.10. The minimum atomic E-state index is -1.10. The fraction of sp³-hybridized carbons (Fsp3) is 0.188. The van der Waals surface area contributed by atoms with Crippen molar-refractivity contribution in [1.82, 2.24) is 15.1 Å². The smallest absolute Gasteiger partial charge is 0.338 e. The molecule has 42 heavy (non-hydrogen) atoms. The van der Waals surface area contributed by atoms with E-state index < -0.39 is 5.97 Å². The van der Waals surface area contributed by atoms with E-state index in [-0.39, 0.29) is 12.2 Å². The van der Waals surface area contributed by atoms with E-state index in [0.717, 1.165) is 29.9 Å². The zero-order valence-electron chi connectivity index (χ0n) is 22.5. The maximum atomic E-state index is 11.9. The monoisotopic (exact) mass is 617 g/mol. The molecule has 0 bridgehead atoms. The summed E-state index contributed by atoms with van der Waals surface area (Å²) >= 11 is 19.5. The molecule has 0 atom stereocenters. The molecular weight excluding hydrogens is 597 g/mol. The Balaban J connectivity index is 1.26. The van der Waals surface area contributed by atoms with Gasteiger partial charge in [0.15, 0.2) is 0 Å². The predicted molar refractivity (Wildman–Crippen MR) is 162 cm³/mol. The molecule has 0 amide bonds. The molecule has 5 aromatic rings. The first kappa shape index (κ1) is 28.0. The first-order valence-electron chi connectivity index (χ1n) is 13.1. The lowest BCUT2D eigenvalue weighted by Crippen LogP contribution is -2.03. The van der Waals surface area contributed by atoms with Crippen LogP contribution < -0.4 is 4.74 Å². The minimum absolute atomic E-state index is 0.0407. The maximum Gasteiger partial charge on any atom is 0.338 e. The fourth-order valence-electron chi connectivity index (χ4n) is 4.60. The van der Waals surface area contributed by atoms with Crippen LogP contribution >= 0.6 is 34.8 Å². The lowest BCUT2D eigenvalue weighted by atomic mass is 10.0. The van der Waals surface area contributed by atoms with Crippen LogP contribution in [0.1, 0.15) is 63.0 Å². The number of hydrogen-bond acceptors (Lipinski definition) is 6. The highest BCUT2D eigenvalue weighted by atomic mass is 35.5. The predicted octanol–water partition coefficient (Wildman–Crippen LogP) is 8.42. The van der Waals surface area contributed by atoms with Crippen LogP contribution in [0.25, 0.3) is 22.3 Å². The van der Waals surface area contributed by atoms with E-state index in [0.29, 0.717) is 65.8 Å². The number of nitrogens with zero attached hydrogens (tertiary/aromatic N) is 3. The molecule has 1 saturated carbocycles. The van der Waals surface area contributed by atoms with Crippen molar-refractivity contribution in [1.29, 1.82) is 0 Å². The molecule has 2 aromatic heterocycles. The number of benzene rings is 3. The van der Waals surface area contributed by atoms with Crippen LogP contribution in [0.4, 0.5) is 0 Å². The lowest BCUT2D eigenvalue weighted by molar-refractivity contribution is 0.0698. The number of halogens is 3. The zero-order chi connectivity index (χ0) is 29.5. The molecule has 1 aliphatic rings. The van der Waals surface area contributed by atoms with Crippen molar-refractivity contribution in [3.8, 4) is 28.8 Å². The average molecular weight is 619 g/mol. The van der Waals surface area contributed by atoms with Gasteiger partial charge in [0.25, 0.3) is 0 Å². The molecule has 2 heterocycles. The Hall–Kier alpha value is -4.09. The highest BCUT2D eigenvalue weighted by Crippen LogP contribution is 2.46. The van der Waals surface area contributed by atoms with E-state index in [4.69, 9.17) is 44.1 Å². The molecule has 7 nitrogen and oxygen atoms in total. The third-order valence-electron chi connectivity index (χ3n) is 7.04. The van der Waals surface area contributed by atoms with Gasteiger partial charge in [-0.3, -0.25) is 0 Å². The van der Waals surface area contributed by atoms with Crippen molar-refractivity contribution in [2.45, 2.75) is 39.2 Å². The van der Waals surface area contributed by atoms with Crippen molar-refractivity contribution in [2.75, 3.05) is 0 Å². The molecule has 6 rings (SSSR count). The number of rotatable bonds is 6. The minimum Gasteiger partial charge on any atom is -0.489 e. The Morgan fingerprint density at radius 3 is 2.43 bits per heavy atom. The molecule has 210 valence electrons. The number of aryl methyl sites for hydroxylation is 2. The summed E-state index contributed by atoms with van der Waals surface area (Å²) in [5.41, 5.74) is 5.24. The van der Waals surface area contributed by atoms with Crippen molar-refractivity contribution in [2.24, 2.45) is 0 Å². The Kier molecular flexibility index (Phi) is 7.54. The number of carbonyl (C=O) groups is 1. The number of fused-ring (bicyclic) bond motifs is 1. The van der Waals surface area contributed by atoms with Gasteiger partial charge in [-0.15, -0.1) is 0 Å². The quantitative estimate of drug-likeness (QED) is 0.191. The highest BCUT2D eigenvalue weighted by molar-refractivity contribution is 6.39. The zero-order valence-corrected chi connectivity index (χ0v) is 24.7. The Labute approximate surface area is 256 Å². The summed E-state index contributed by atoms with van der Waals surface area (Å²) in [7, 11) is 0.